The average Bonchev–Trinajstić information content (AvgIpc) is 3.27. The summed E-state index contributed by atoms with van der Waals surface area (Å²) in [7, 11) is 0. The molecular formula is C17H22BrN5O3S. The Morgan fingerprint density at radius 2 is 2.04 bits per heavy atom. The normalized spacial score (nSPS) is 14.0. The second-order valence-corrected chi connectivity index (χ2v) is 7.75. The minimum atomic E-state index is -0.144. The molecule has 3 aromatic rings. The minimum Gasteiger partial charge on any atom is -0.412 e. The van der Waals surface area contributed by atoms with Crippen LogP contribution in [0.2, 0.25) is 0 Å². The summed E-state index contributed by atoms with van der Waals surface area (Å²) in [5.74, 6) is 0.573. The van der Waals surface area contributed by atoms with Crippen molar-refractivity contribution in [3.8, 4) is 0 Å². The first-order valence-electron chi connectivity index (χ1n) is 8.20. The van der Waals surface area contributed by atoms with Crippen LogP contribution in [-0.4, -0.2) is 25.7 Å². The van der Waals surface area contributed by atoms with Crippen LogP contribution in [0, 0.1) is 0 Å². The molecule has 0 aliphatic heterocycles. The Kier molecular flexibility index (Phi) is 7.06. The smallest absolute Gasteiger partial charge is 0.261 e. The lowest BCUT2D eigenvalue weighted by Gasteiger charge is -2.11. The number of pyridine rings is 1. The summed E-state index contributed by atoms with van der Waals surface area (Å²) in [4.78, 5) is 16.2. The Morgan fingerprint density at radius 1 is 1.30 bits per heavy atom. The molecule has 2 heterocycles. The third kappa shape index (κ3) is 4.04. The molecule has 8 N–H and O–H groups in total. The number of hydrogen-bond donors (Lipinski definition) is 3. The van der Waals surface area contributed by atoms with Crippen molar-refractivity contribution in [2.75, 3.05) is 5.32 Å². The SMILES string of the molecule is NSc1cccc(Nc2nn(C3CCCC3)c3c(Br)c[nH]c(=O)c23)c1.O.O. The molecule has 1 fully saturated rings. The van der Waals surface area contributed by atoms with Gasteiger partial charge in [0, 0.05) is 16.8 Å². The van der Waals surface area contributed by atoms with Gasteiger partial charge in [-0.3, -0.25) is 14.6 Å². The largest absolute Gasteiger partial charge is 0.412 e. The number of benzene rings is 1. The van der Waals surface area contributed by atoms with Crippen molar-refractivity contribution < 1.29 is 11.0 Å². The van der Waals surface area contributed by atoms with E-state index in [1.54, 1.807) is 6.20 Å². The van der Waals surface area contributed by atoms with Crippen molar-refractivity contribution >= 4 is 50.3 Å². The highest BCUT2D eigenvalue weighted by Crippen LogP contribution is 2.36. The minimum absolute atomic E-state index is 0. The molecule has 0 unspecified atom stereocenters. The molecule has 10 heteroatoms. The van der Waals surface area contributed by atoms with E-state index in [-0.39, 0.29) is 16.5 Å². The number of nitrogens with two attached hydrogens (primary N) is 1. The molecule has 0 radical (unpaired) electrons. The first-order valence-corrected chi connectivity index (χ1v) is 9.88. The van der Waals surface area contributed by atoms with E-state index in [4.69, 9.17) is 10.2 Å². The summed E-state index contributed by atoms with van der Waals surface area (Å²) in [5, 5.41) is 14.3. The van der Waals surface area contributed by atoms with Crippen LogP contribution in [0.4, 0.5) is 11.5 Å². The Hall–Kier alpha value is -1.85. The lowest BCUT2D eigenvalue weighted by molar-refractivity contribution is 0.483. The summed E-state index contributed by atoms with van der Waals surface area (Å²) in [6, 6.07) is 8.08. The molecule has 8 nitrogen and oxygen atoms in total. The van der Waals surface area contributed by atoms with Crippen LogP contribution in [0.3, 0.4) is 0 Å². The lowest BCUT2D eigenvalue weighted by atomic mass is 10.2. The predicted molar refractivity (Wildman–Crippen MR) is 113 cm³/mol. The first-order chi connectivity index (χ1) is 12.2. The van der Waals surface area contributed by atoms with Gasteiger partial charge in [-0.1, -0.05) is 18.9 Å². The Bertz CT molecular complexity index is 984. The van der Waals surface area contributed by atoms with Crippen LogP contribution >= 0.6 is 27.9 Å². The number of aromatic nitrogens is 3. The van der Waals surface area contributed by atoms with Gasteiger partial charge < -0.3 is 21.3 Å². The van der Waals surface area contributed by atoms with Gasteiger partial charge in [0.25, 0.3) is 5.56 Å². The molecule has 0 saturated heterocycles. The Labute approximate surface area is 168 Å². The number of nitrogens with one attached hydrogen (secondary N) is 2. The van der Waals surface area contributed by atoms with Gasteiger partial charge in [-0.25, -0.2) is 0 Å². The number of fused-ring (bicyclic) bond motifs is 1. The monoisotopic (exact) mass is 455 g/mol. The molecule has 0 amide bonds. The molecule has 1 saturated carbocycles. The zero-order valence-corrected chi connectivity index (χ0v) is 16.9. The molecule has 1 aliphatic rings. The molecular weight excluding hydrogens is 434 g/mol. The molecule has 0 spiro atoms. The number of hydrogen-bond acceptors (Lipinski definition) is 5. The summed E-state index contributed by atoms with van der Waals surface area (Å²) in [5.41, 5.74) is 1.56. The molecule has 146 valence electrons. The summed E-state index contributed by atoms with van der Waals surface area (Å²) in [6.45, 7) is 0. The van der Waals surface area contributed by atoms with E-state index in [9.17, 15) is 4.79 Å². The van der Waals surface area contributed by atoms with E-state index in [0.717, 1.165) is 33.4 Å². The number of rotatable bonds is 4. The number of nitrogens with zero attached hydrogens (tertiary/aromatic N) is 2. The number of halogens is 1. The highest BCUT2D eigenvalue weighted by Gasteiger charge is 2.24. The number of anilines is 2. The molecule has 27 heavy (non-hydrogen) atoms. The highest BCUT2D eigenvalue weighted by atomic mass is 79.9. The summed E-state index contributed by atoms with van der Waals surface area (Å²) >= 11 is 4.76. The van der Waals surface area contributed by atoms with Gasteiger partial charge in [0.15, 0.2) is 5.82 Å². The van der Waals surface area contributed by atoms with Crippen molar-refractivity contribution in [1.29, 1.82) is 0 Å². The maximum absolute atomic E-state index is 12.5. The maximum Gasteiger partial charge on any atom is 0.261 e. The third-order valence-corrected chi connectivity index (χ3v) is 5.73. The standard InChI is InChI=1S/C17H18BrN5OS.2H2O/c18-13-9-20-17(24)14-15(13)23(11-5-1-2-6-11)22-16(14)21-10-4-3-7-12(8-10)25-19;;/h3-4,7-9,11H,1-2,5-6,19H2,(H,20,24)(H,21,22);2*1H2. The third-order valence-electron chi connectivity index (χ3n) is 4.60. The fourth-order valence-electron chi connectivity index (χ4n) is 3.43. The van der Waals surface area contributed by atoms with Crippen molar-refractivity contribution in [1.82, 2.24) is 14.8 Å². The van der Waals surface area contributed by atoms with Crippen LogP contribution in [0.25, 0.3) is 10.9 Å². The highest BCUT2D eigenvalue weighted by molar-refractivity contribution is 9.10. The second kappa shape index (κ2) is 8.89. The Morgan fingerprint density at radius 3 is 2.74 bits per heavy atom. The summed E-state index contributed by atoms with van der Waals surface area (Å²) < 4.78 is 2.85. The van der Waals surface area contributed by atoms with Crippen LogP contribution in [0.1, 0.15) is 31.7 Å². The van der Waals surface area contributed by atoms with Crippen LogP contribution < -0.4 is 16.0 Å². The van der Waals surface area contributed by atoms with Gasteiger partial charge >= 0.3 is 0 Å². The van der Waals surface area contributed by atoms with E-state index in [1.807, 2.05) is 28.9 Å². The zero-order chi connectivity index (χ0) is 17.4. The van der Waals surface area contributed by atoms with Crippen molar-refractivity contribution in [3.05, 3.63) is 45.3 Å². The molecule has 0 atom stereocenters. The molecule has 2 aromatic heterocycles. The number of aromatic amines is 1. The Balaban J connectivity index is 0.00000131. The molecule has 1 aromatic carbocycles. The molecule has 4 rings (SSSR count). The van der Waals surface area contributed by atoms with Crippen LogP contribution in [0.5, 0.6) is 0 Å². The fraction of sp³-hybridized carbons (Fsp3) is 0.294. The van der Waals surface area contributed by atoms with Crippen LogP contribution in [0.15, 0.2) is 44.6 Å². The zero-order valence-electron chi connectivity index (χ0n) is 14.5. The van der Waals surface area contributed by atoms with E-state index in [1.165, 1.54) is 24.8 Å². The van der Waals surface area contributed by atoms with E-state index >= 15 is 0 Å². The number of H-pyrrole nitrogens is 1. The van der Waals surface area contributed by atoms with E-state index in [0.29, 0.717) is 17.2 Å². The van der Waals surface area contributed by atoms with Crippen molar-refractivity contribution in [3.63, 3.8) is 0 Å². The van der Waals surface area contributed by atoms with Gasteiger partial charge in [-0.05, 0) is 58.9 Å². The molecule has 1 aliphatic carbocycles. The summed E-state index contributed by atoms with van der Waals surface area (Å²) in [6.07, 6.45) is 6.27. The quantitative estimate of drug-likeness (QED) is 0.516. The van der Waals surface area contributed by atoms with E-state index in [2.05, 4.69) is 26.2 Å². The first kappa shape index (κ1) is 21.5. The van der Waals surface area contributed by atoms with Gasteiger partial charge in [0.05, 0.1) is 16.0 Å². The topological polar surface area (TPSA) is 152 Å². The fourth-order valence-corrected chi connectivity index (χ4v) is 4.28. The predicted octanol–water partition coefficient (Wildman–Crippen LogP) is 2.66. The average molecular weight is 456 g/mol. The van der Waals surface area contributed by atoms with Crippen molar-refractivity contribution in [2.24, 2.45) is 5.14 Å². The van der Waals surface area contributed by atoms with Crippen LogP contribution in [-0.2, 0) is 0 Å². The van der Waals surface area contributed by atoms with Gasteiger partial charge in [0.1, 0.15) is 5.39 Å². The second-order valence-electron chi connectivity index (χ2n) is 6.19. The maximum atomic E-state index is 12.5. The van der Waals surface area contributed by atoms with E-state index < -0.39 is 0 Å². The van der Waals surface area contributed by atoms with Gasteiger partial charge in [-0.15, -0.1) is 0 Å². The van der Waals surface area contributed by atoms with Gasteiger partial charge in [-0.2, -0.15) is 5.10 Å². The van der Waals surface area contributed by atoms with Crippen molar-refractivity contribution in [2.45, 2.75) is 36.6 Å². The lowest BCUT2D eigenvalue weighted by Crippen LogP contribution is -2.09. The molecule has 0 bridgehead atoms. The van der Waals surface area contributed by atoms with Gasteiger partial charge in [0.2, 0.25) is 0 Å².